The van der Waals surface area contributed by atoms with Crippen molar-refractivity contribution in [3.63, 3.8) is 0 Å². The third-order valence-corrected chi connectivity index (χ3v) is 6.05. The van der Waals surface area contributed by atoms with Gasteiger partial charge in [-0.15, -0.1) is 21.5 Å². The molecule has 33 heavy (non-hydrogen) atoms. The summed E-state index contributed by atoms with van der Waals surface area (Å²) in [6.45, 7) is 1.26. The third kappa shape index (κ3) is 5.40. The molecule has 1 amide bonds. The van der Waals surface area contributed by atoms with Crippen LogP contribution in [0.3, 0.4) is 0 Å². The quantitative estimate of drug-likeness (QED) is 0.231. The summed E-state index contributed by atoms with van der Waals surface area (Å²) in [5, 5.41) is 10.1. The summed E-state index contributed by atoms with van der Waals surface area (Å²) in [4.78, 5) is 17.7. The lowest BCUT2D eigenvalue weighted by molar-refractivity contribution is -0.137. The van der Waals surface area contributed by atoms with Crippen LogP contribution in [0.15, 0.2) is 63.6 Å². The van der Waals surface area contributed by atoms with Crippen LogP contribution in [0.4, 0.5) is 28.4 Å². The average Bonchev–Trinajstić information content (AvgIpc) is 3.42. The van der Waals surface area contributed by atoms with Crippen molar-refractivity contribution in [3.8, 4) is 11.5 Å². The molecular formula is C21H14F4N4O2S2. The van der Waals surface area contributed by atoms with E-state index in [0.29, 0.717) is 17.0 Å². The van der Waals surface area contributed by atoms with Crippen molar-refractivity contribution in [1.82, 2.24) is 15.2 Å². The van der Waals surface area contributed by atoms with Gasteiger partial charge < -0.3 is 4.42 Å². The van der Waals surface area contributed by atoms with Gasteiger partial charge in [0.1, 0.15) is 5.82 Å². The van der Waals surface area contributed by atoms with Gasteiger partial charge in [0.05, 0.1) is 16.9 Å². The van der Waals surface area contributed by atoms with E-state index in [2.05, 4.69) is 15.2 Å². The fourth-order valence-corrected chi connectivity index (χ4v) is 4.47. The summed E-state index contributed by atoms with van der Waals surface area (Å²) < 4.78 is 57.8. The second kappa shape index (κ2) is 9.32. The van der Waals surface area contributed by atoms with Gasteiger partial charge in [-0.05, 0) is 42.5 Å². The monoisotopic (exact) mass is 494 g/mol. The Labute approximate surface area is 193 Å². The molecule has 0 saturated heterocycles. The first-order chi connectivity index (χ1) is 15.7. The Morgan fingerprint density at radius 2 is 1.91 bits per heavy atom. The van der Waals surface area contributed by atoms with E-state index >= 15 is 0 Å². The second-order valence-electron chi connectivity index (χ2n) is 6.69. The highest BCUT2D eigenvalue weighted by molar-refractivity contribution is 7.98. The van der Waals surface area contributed by atoms with Crippen molar-refractivity contribution in [2.45, 2.75) is 24.1 Å². The lowest BCUT2D eigenvalue weighted by Crippen LogP contribution is -2.23. The van der Waals surface area contributed by atoms with Gasteiger partial charge in [0.15, 0.2) is 5.13 Å². The summed E-state index contributed by atoms with van der Waals surface area (Å²) >= 11 is 2.33. The van der Waals surface area contributed by atoms with Crippen LogP contribution in [0.5, 0.6) is 0 Å². The van der Waals surface area contributed by atoms with Gasteiger partial charge in [0.2, 0.25) is 11.8 Å². The maximum Gasteiger partial charge on any atom is 0.416 e. The summed E-state index contributed by atoms with van der Waals surface area (Å²) in [6.07, 6.45) is -4.53. The Balaban J connectivity index is 1.48. The Bertz CT molecular complexity index is 1270. The predicted molar refractivity (Wildman–Crippen MR) is 116 cm³/mol. The van der Waals surface area contributed by atoms with Crippen LogP contribution in [-0.4, -0.2) is 21.1 Å². The molecule has 0 saturated carbocycles. The Kier molecular flexibility index (Phi) is 6.47. The minimum absolute atomic E-state index is 0.0757. The van der Waals surface area contributed by atoms with Crippen LogP contribution >= 0.6 is 23.1 Å². The maximum atomic E-state index is 13.1. The van der Waals surface area contributed by atoms with Crippen LogP contribution < -0.4 is 4.90 Å². The fraction of sp³-hybridized carbons (Fsp3) is 0.143. The van der Waals surface area contributed by atoms with E-state index in [4.69, 9.17) is 4.42 Å². The molecule has 12 heteroatoms. The SMILES string of the molecule is CC(=O)N(c1cccc(C(F)(F)F)c1)c1nc(CSc2nnc(-c3ccc(F)cc3)o2)cs1. The Morgan fingerprint density at radius 1 is 1.15 bits per heavy atom. The number of alkyl halides is 3. The minimum Gasteiger partial charge on any atom is -0.411 e. The number of thiazole rings is 1. The molecule has 2 aromatic carbocycles. The van der Waals surface area contributed by atoms with Crippen LogP contribution in [0.1, 0.15) is 18.2 Å². The van der Waals surface area contributed by atoms with Crippen LogP contribution in [-0.2, 0) is 16.7 Å². The first kappa shape index (κ1) is 22.9. The van der Waals surface area contributed by atoms with Crippen molar-refractivity contribution in [3.05, 3.63) is 71.0 Å². The highest BCUT2D eigenvalue weighted by Crippen LogP contribution is 2.35. The molecule has 6 nitrogen and oxygen atoms in total. The summed E-state index contributed by atoms with van der Waals surface area (Å²) in [6, 6.07) is 10.1. The highest BCUT2D eigenvalue weighted by atomic mass is 32.2. The lowest BCUT2D eigenvalue weighted by atomic mass is 10.2. The number of anilines is 2. The van der Waals surface area contributed by atoms with Crippen LogP contribution in [0, 0.1) is 5.82 Å². The standard InChI is InChI=1S/C21H14F4N4O2S2/c1-12(30)29(17-4-2-3-14(9-17)21(23,24)25)19-26-16(10-32-19)11-33-20-28-27-18(31-20)13-5-7-15(22)8-6-13/h2-10H,11H2,1H3. The summed E-state index contributed by atoms with van der Waals surface area (Å²) in [5.74, 6) is -0.278. The second-order valence-corrected chi connectivity index (χ2v) is 8.46. The Hall–Kier alpha value is -3.25. The third-order valence-electron chi connectivity index (χ3n) is 4.32. The van der Waals surface area contributed by atoms with Gasteiger partial charge in [-0.2, -0.15) is 13.2 Å². The average molecular weight is 494 g/mol. The highest BCUT2D eigenvalue weighted by Gasteiger charge is 2.31. The number of carbonyl (C=O) groups is 1. The zero-order valence-corrected chi connectivity index (χ0v) is 18.5. The van der Waals surface area contributed by atoms with Crippen molar-refractivity contribution in [1.29, 1.82) is 0 Å². The number of rotatable bonds is 6. The van der Waals surface area contributed by atoms with Gasteiger partial charge in [-0.25, -0.2) is 9.37 Å². The van der Waals surface area contributed by atoms with Gasteiger partial charge in [0.25, 0.3) is 5.22 Å². The van der Waals surface area contributed by atoms with Gasteiger partial charge in [-0.3, -0.25) is 9.69 Å². The molecule has 0 aliphatic rings. The molecule has 0 bridgehead atoms. The van der Waals surface area contributed by atoms with Gasteiger partial charge in [-0.1, -0.05) is 17.8 Å². The summed E-state index contributed by atoms with van der Waals surface area (Å²) in [7, 11) is 0. The first-order valence-electron chi connectivity index (χ1n) is 9.35. The van der Waals surface area contributed by atoms with E-state index in [0.717, 1.165) is 28.4 Å². The number of benzene rings is 2. The molecule has 4 rings (SSSR count). The molecule has 4 aromatic rings. The zero-order valence-electron chi connectivity index (χ0n) is 16.8. The van der Waals surface area contributed by atoms with Crippen molar-refractivity contribution >= 4 is 39.8 Å². The largest absolute Gasteiger partial charge is 0.416 e. The number of carbonyl (C=O) groups excluding carboxylic acids is 1. The molecule has 0 spiro atoms. The van der Waals surface area contributed by atoms with Crippen molar-refractivity contribution < 1.29 is 26.8 Å². The number of halogens is 4. The van der Waals surface area contributed by atoms with E-state index in [1.165, 1.54) is 55.1 Å². The normalized spacial score (nSPS) is 11.5. The molecular weight excluding hydrogens is 480 g/mol. The molecule has 0 N–H and O–H groups in total. The number of nitrogens with zero attached hydrogens (tertiary/aromatic N) is 4. The lowest BCUT2D eigenvalue weighted by Gasteiger charge is -2.19. The van der Waals surface area contributed by atoms with E-state index in [9.17, 15) is 22.4 Å². The molecule has 2 heterocycles. The van der Waals surface area contributed by atoms with Crippen LogP contribution in [0.25, 0.3) is 11.5 Å². The fourth-order valence-electron chi connectivity index (χ4n) is 2.83. The van der Waals surface area contributed by atoms with Crippen molar-refractivity contribution in [2.75, 3.05) is 4.90 Å². The summed E-state index contributed by atoms with van der Waals surface area (Å²) in [5.41, 5.74) is 0.378. The molecule has 0 unspecified atom stereocenters. The van der Waals surface area contributed by atoms with E-state index in [-0.39, 0.29) is 27.7 Å². The number of hydrogen-bond donors (Lipinski definition) is 0. The molecule has 170 valence electrons. The smallest absolute Gasteiger partial charge is 0.411 e. The molecule has 0 radical (unpaired) electrons. The molecule has 0 fully saturated rings. The maximum absolute atomic E-state index is 13.1. The number of amides is 1. The topological polar surface area (TPSA) is 72.1 Å². The van der Waals surface area contributed by atoms with Crippen LogP contribution in [0.2, 0.25) is 0 Å². The predicted octanol–water partition coefficient (Wildman–Crippen LogP) is 6.33. The minimum atomic E-state index is -4.53. The first-order valence-corrected chi connectivity index (χ1v) is 11.2. The molecule has 2 aromatic heterocycles. The van der Waals surface area contributed by atoms with E-state index in [1.807, 2.05) is 0 Å². The zero-order chi connectivity index (χ0) is 23.6. The van der Waals surface area contributed by atoms with E-state index in [1.54, 1.807) is 5.38 Å². The molecule has 0 atom stereocenters. The Morgan fingerprint density at radius 3 is 2.61 bits per heavy atom. The van der Waals surface area contributed by atoms with Gasteiger partial charge in [0, 0.05) is 23.6 Å². The van der Waals surface area contributed by atoms with Crippen molar-refractivity contribution in [2.24, 2.45) is 0 Å². The number of aromatic nitrogens is 3. The number of hydrogen-bond acceptors (Lipinski definition) is 7. The molecule has 0 aliphatic heterocycles. The number of thioether (sulfide) groups is 1. The van der Waals surface area contributed by atoms with Gasteiger partial charge >= 0.3 is 6.18 Å². The molecule has 0 aliphatic carbocycles. The van der Waals surface area contributed by atoms with E-state index < -0.39 is 17.6 Å².